The summed E-state index contributed by atoms with van der Waals surface area (Å²) in [5.41, 5.74) is 6.30. The molecule has 0 radical (unpaired) electrons. The molecule has 92 valence electrons. The van der Waals surface area contributed by atoms with Crippen molar-refractivity contribution in [2.24, 2.45) is 5.73 Å². The molecule has 0 saturated heterocycles. The van der Waals surface area contributed by atoms with Crippen molar-refractivity contribution >= 4 is 16.3 Å². The van der Waals surface area contributed by atoms with Crippen LogP contribution in [-0.4, -0.2) is 14.6 Å². The third-order valence-corrected chi connectivity index (χ3v) is 3.42. The minimum absolute atomic E-state index is 0.139. The number of imidazole rings is 1. The van der Waals surface area contributed by atoms with Crippen LogP contribution in [-0.2, 0) is 6.54 Å². The first kappa shape index (κ1) is 11.2. The van der Waals surface area contributed by atoms with E-state index in [1.165, 1.54) is 15.9 Å². The lowest BCUT2D eigenvalue weighted by Gasteiger charge is -1.97. The van der Waals surface area contributed by atoms with E-state index in [1.807, 2.05) is 0 Å². The van der Waals surface area contributed by atoms with Gasteiger partial charge in [-0.25, -0.2) is 18.3 Å². The van der Waals surface area contributed by atoms with Crippen molar-refractivity contribution < 1.29 is 8.78 Å². The van der Waals surface area contributed by atoms with Crippen LogP contribution < -0.4 is 5.73 Å². The minimum Gasteiger partial charge on any atom is -0.325 e. The molecule has 0 aliphatic carbocycles. The second-order valence-electron chi connectivity index (χ2n) is 3.69. The summed E-state index contributed by atoms with van der Waals surface area (Å²) in [4.78, 5) is 4.81. The van der Waals surface area contributed by atoms with Crippen molar-refractivity contribution in [3.8, 4) is 10.6 Å². The highest BCUT2D eigenvalue weighted by Crippen LogP contribution is 2.28. The van der Waals surface area contributed by atoms with Crippen molar-refractivity contribution in [3.63, 3.8) is 0 Å². The van der Waals surface area contributed by atoms with E-state index in [0.29, 0.717) is 22.2 Å². The van der Waals surface area contributed by atoms with Crippen LogP contribution in [0.25, 0.3) is 15.5 Å². The summed E-state index contributed by atoms with van der Waals surface area (Å²) in [7, 11) is 0. The van der Waals surface area contributed by atoms with Gasteiger partial charge in [0.15, 0.2) is 5.01 Å². The Kier molecular flexibility index (Phi) is 2.57. The Labute approximate surface area is 105 Å². The number of hydrogen-bond donors (Lipinski definition) is 1. The molecule has 0 fully saturated rings. The second kappa shape index (κ2) is 4.11. The fraction of sp³-hybridized carbons (Fsp3) is 0.0909. The number of hydrogen-bond acceptors (Lipinski definition) is 4. The third kappa shape index (κ3) is 1.77. The van der Waals surface area contributed by atoms with Gasteiger partial charge in [-0.05, 0) is 18.2 Å². The zero-order chi connectivity index (χ0) is 12.7. The summed E-state index contributed by atoms with van der Waals surface area (Å²) in [5.74, 6) is -1.01. The van der Waals surface area contributed by atoms with Crippen LogP contribution in [0.1, 0.15) is 5.69 Å². The monoisotopic (exact) mass is 266 g/mol. The smallest absolute Gasteiger partial charge is 0.212 e. The van der Waals surface area contributed by atoms with Crippen molar-refractivity contribution in [3.05, 3.63) is 41.7 Å². The van der Waals surface area contributed by atoms with E-state index in [-0.39, 0.29) is 5.56 Å². The Hall–Kier alpha value is -1.86. The predicted octanol–water partition coefficient (Wildman–Crippen LogP) is 2.19. The molecule has 2 N–H and O–H groups in total. The summed E-state index contributed by atoms with van der Waals surface area (Å²) >= 11 is 1.19. The summed E-state index contributed by atoms with van der Waals surface area (Å²) in [6.07, 6.45) is 1.67. The lowest BCUT2D eigenvalue weighted by Crippen LogP contribution is -1.95. The number of halogens is 2. The standard InChI is InChI=1S/C11H8F2N4S/c12-6-1-2-9(13)8(3-6)10-16-17-5-7(4-14)15-11(17)18-10/h1-3,5H,4,14H2. The average molecular weight is 266 g/mol. The number of benzene rings is 1. The Morgan fingerprint density at radius 3 is 2.89 bits per heavy atom. The van der Waals surface area contributed by atoms with E-state index < -0.39 is 11.6 Å². The molecule has 0 atom stereocenters. The van der Waals surface area contributed by atoms with Crippen LogP contribution in [0.2, 0.25) is 0 Å². The van der Waals surface area contributed by atoms with Crippen molar-refractivity contribution in [1.82, 2.24) is 14.6 Å². The van der Waals surface area contributed by atoms with Crippen LogP contribution in [0, 0.1) is 11.6 Å². The highest BCUT2D eigenvalue weighted by molar-refractivity contribution is 7.19. The van der Waals surface area contributed by atoms with E-state index in [0.717, 1.165) is 18.2 Å². The lowest BCUT2D eigenvalue weighted by molar-refractivity contribution is 0.603. The average Bonchev–Trinajstić information content (AvgIpc) is 2.89. The molecule has 0 saturated carbocycles. The van der Waals surface area contributed by atoms with Crippen molar-refractivity contribution in [2.75, 3.05) is 0 Å². The summed E-state index contributed by atoms with van der Waals surface area (Å²) < 4.78 is 28.2. The fourth-order valence-corrected chi connectivity index (χ4v) is 2.53. The molecule has 0 aliphatic heterocycles. The van der Waals surface area contributed by atoms with Gasteiger partial charge in [-0.3, -0.25) is 0 Å². The van der Waals surface area contributed by atoms with Crippen LogP contribution in [0.15, 0.2) is 24.4 Å². The molecular weight excluding hydrogens is 258 g/mol. The van der Waals surface area contributed by atoms with Gasteiger partial charge >= 0.3 is 0 Å². The molecule has 4 nitrogen and oxygen atoms in total. The van der Waals surface area contributed by atoms with E-state index in [1.54, 1.807) is 6.20 Å². The molecule has 18 heavy (non-hydrogen) atoms. The Balaban J connectivity index is 2.13. The highest BCUT2D eigenvalue weighted by atomic mass is 32.1. The number of nitrogens with two attached hydrogens (primary N) is 1. The molecule has 3 rings (SSSR count). The van der Waals surface area contributed by atoms with Gasteiger partial charge in [-0.1, -0.05) is 11.3 Å². The third-order valence-electron chi connectivity index (χ3n) is 2.46. The maximum Gasteiger partial charge on any atom is 0.212 e. The topological polar surface area (TPSA) is 56.2 Å². The van der Waals surface area contributed by atoms with Gasteiger partial charge in [-0.15, -0.1) is 0 Å². The van der Waals surface area contributed by atoms with Gasteiger partial charge in [0, 0.05) is 6.54 Å². The Bertz CT molecular complexity index is 687. The molecule has 2 aromatic heterocycles. The molecule has 3 aromatic rings. The molecule has 1 aromatic carbocycles. The largest absolute Gasteiger partial charge is 0.325 e. The zero-order valence-electron chi connectivity index (χ0n) is 9.10. The highest BCUT2D eigenvalue weighted by Gasteiger charge is 2.13. The van der Waals surface area contributed by atoms with Crippen LogP contribution in [0.3, 0.4) is 0 Å². The Morgan fingerprint density at radius 1 is 1.33 bits per heavy atom. The SMILES string of the molecule is NCc1cn2nc(-c3cc(F)ccc3F)sc2n1. The number of rotatable bonds is 2. The predicted molar refractivity (Wildman–Crippen MR) is 64.1 cm³/mol. The second-order valence-corrected chi connectivity index (χ2v) is 4.65. The summed E-state index contributed by atoms with van der Waals surface area (Å²) in [6.45, 7) is 0.319. The molecule has 0 spiro atoms. The summed E-state index contributed by atoms with van der Waals surface area (Å²) in [6, 6.07) is 3.28. The Morgan fingerprint density at radius 2 is 2.17 bits per heavy atom. The van der Waals surface area contributed by atoms with E-state index in [2.05, 4.69) is 10.1 Å². The lowest BCUT2D eigenvalue weighted by atomic mass is 10.2. The summed E-state index contributed by atoms with van der Waals surface area (Å²) in [5, 5.41) is 4.55. The first-order valence-electron chi connectivity index (χ1n) is 5.18. The molecule has 7 heteroatoms. The number of nitrogens with zero attached hydrogens (tertiary/aromatic N) is 3. The van der Waals surface area contributed by atoms with Gasteiger partial charge in [0.1, 0.15) is 11.6 Å². The molecular formula is C11H8F2N4S. The van der Waals surface area contributed by atoms with Gasteiger partial charge < -0.3 is 5.73 Å². The molecule has 0 aliphatic rings. The van der Waals surface area contributed by atoms with E-state index >= 15 is 0 Å². The van der Waals surface area contributed by atoms with Crippen LogP contribution in [0.4, 0.5) is 8.78 Å². The van der Waals surface area contributed by atoms with Gasteiger partial charge in [-0.2, -0.15) is 5.10 Å². The molecule has 0 unspecified atom stereocenters. The molecule has 0 amide bonds. The van der Waals surface area contributed by atoms with Gasteiger partial charge in [0.05, 0.1) is 17.5 Å². The molecule has 0 bridgehead atoms. The molecule has 2 heterocycles. The van der Waals surface area contributed by atoms with Crippen LogP contribution >= 0.6 is 11.3 Å². The maximum absolute atomic E-state index is 13.6. The number of fused-ring (bicyclic) bond motifs is 1. The first-order valence-corrected chi connectivity index (χ1v) is 5.99. The van der Waals surface area contributed by atoms with Crippen molar-refractivity contribution in [1.29, 1.82) is 0 Å². The van der Waals surface area contributed by atoms with Gasteiger partial charge in [0.2, 0.25) is 4.96 Å². The normalized spacial score (nSPS) is 11.3. The number of aromatic nitrogens is 3. The fourth-order valence-electron chi connectivity index (χ4n) is 1.61. The quantitative estimate of drug-likeness (QED) is 0.773. The maximum atomic E-state index is 13.6. The van der Waals surface area contributed by atoms with E-state index in [4.69, 9.17) is 5.73 Å². The van der Waals surface area contributed by atoms with Crippen LogP contribution in [0.5, 0.6) is 0 Å². The zero-order valence-corrected chi connectivity index (χ0v) is 9.92. The van der Waals surface area contributed by atoms with Crippen molar-refractivity contribution in [2.45, 2.75) is 6.54 Å². The van der Waals surface area contributed by atoms with Gasteiger partial charge in [0.25, 0.3) is 0 Å². The first-order chi connectivity index (χ1) is 8.67. The van der Waals surface area contributed by atoms with E-state index in [9.17, 15) is 8.78 Å². The minimum atomic E-state index is -0.507.